The SMILES string of the molecule is C=CC(=O)OC12CC3CC(CC(C3)C1c1cccc(C=C)c1O)C2. The third-order valence-electron chi connectivity index (χ3n) is 6.37. The smallest absolute Gasteiger partial charge is 0.330 e. The molecule has 0 heterocycles. The van der Waals surface area contributed by atoms with Crippen LogP contribution in [0.5, 0.6) is 5.75 Å². The Morgan fingerprint density at radius 2 is 1.92 bits per heavy atom. The molecule has 126 valence electrons. The maximum Gasteiger partial charge on any atom is 0.330 e. The molecule has 1 aromatic carbocycles. The van der Waals surface area contributed by atoms with Gasteiger partial charge in [-0.15, -0.1) is 0 Å². The molecule has 3 heteroatoms. The number of esters is 1. The fraction of sp³-hybridized carbons (Fsp3) is 0.476. The Morgan fingerprint density at radius 1 is 1.21 bits per heavy atom. The first-order chi connectivity index (χ1) is 11.6. The molecular formula is C21H24O3. The molecule has 0 amide bonds. The molecule has 4 bridgehead atoms. The van der Waals surface area contributed by atoms with Gasteiger partial charge in [-0.05, 0) is 49.9 Å². The van der Waals surface area contributed by atoms with Crippen molar-refractivity contribution in [2.45, 2.75) is 43.6 Å². The molecule has 0 aliphatic heterocycles. The zero-order chi connectivity index (χ0) is 16.9. The van der Waals surface area contributed by atoms with Gasteiger partial charge in [0, 0.05) is 23.1 Å². The van der Waals surface area contributed by atoms with Gasteiger partial charge in [0.2, 0.25) is 0 Å². The second kappa shape index (κ2) is 5.51. The monoisotopic (exact) mass is 324 g/mol. The number of aromatic hydroxyl groups is 1. The van der Waals surface area contributed by atoms with Crippen LogP contribution in [0, 0.1) is 17.8 Å². The minimum absolute atomic E-state index is 0.0640. The van der Waals surface area contributed by atoms with Gasteiger partial charge in [0.1, 0.15) is 11.4 Å². The van der Waals surface area contributed by atoms with Crippen molar-refractivity contribution < 1.29 is 14.6 Å². The molecule has 0 radical (unpaired) electrons. The van der Waals surface area contributed by atoms with Gasteiger partial charge >= 0.3 is 5.97 Å². The van der Waals surface area contributed by atoms with Crippen LogP contribution in [0.4, 0.5) is 0 Å². The number of carbonyl (C=O) groups is 1. The van der Waals surface area contributed by atoms with Gasteiger partial charge < -0.3 is 9.84 Å². The number of ether oxygens (including phenoxy) is 1. The zero-order valence-corrected chi connectivity index (χ0v) is 13.9. The van der Waals surface area contributed by atoms with Crippen LogP contribution in [0.15, 0.2) is 37.4 Å². The standard InChI is InChI=1S/C21H24O3/c1-3-15-6-5-7-17(20(15)23)19-16-9-13-8-14(10-16)12-21(19,11-13)24-18(22)4-2/h3-7,13-14,16,19,23H,1-2,8-12H2. The molecule has 3 atom stereocenters. The molecule has 24 heavy (non-hydrogen) atoms. The van der Waals surface area contributed by atoms with E-state index in [2.05, 4.69) is 13.2 Å². The van der Waals surface area contributed by atoms with Gasteiger partial charge in [-0.1, -0.05) is 37.4 Å². The van der Waals surface area contributed by atoms with Crippen molar-refractivity contribution in [1.29, 1.82) is 0 Å². The number of para-hydroxylation sites is 1. The minimum Gasteiger partial charge on any atom is -0.507 e. The van der Waals surface area contributed by atoms with E-state index in [-0.39, 0.29) is 11.9 Å². The Balaban J connectivity index is 1.81. The Morgan fingerprint density at radius 3 is 2.54 bits per heavy atom. The Hall–Kier alpha value is -2.03. The fourth-order valence-corrected chi connectivity index (χ4v) is 5.89. The quantitative estimate of drug-likeness (QED) is 0.658. The first kappa shape index (κ1) is 15.5. The van der Waals surface area contributed by atoms with Crippen LogP contribution in [0.25, 0.3) is 6.08 Å². The van der Waals surface area contributed by atoms with E-state index < -0.39 is 5.60 Å². The van der Waals surface area contributed by atoms with Crippen LogP contribution >= 0.6 is 0 Å². The summed E-state index contributed by atoms with van der Waals surface area (Å²) in [7, 11) is 0. The van der Waals surface area contributed by atoms with Crippen molar-refractivity contribution in [2.24, 2.45) is 17.8 Å². The highest BCUT2D eigenvalue weighted by Gasteiger charge is 2.60. The summed E-state index contributed by atoms with van der Waals surface area (Å²) in [5.41, 5.74) is 1.16. The van der Waals surface area contributed by atoms with Crippen LogP contribution in [0.3, 0.4) is 0 Å². The molecule has 0 aromatic heterocycles. The number of hydrogen-bond donors (Lipinski definition) is 1. The van der Waals surface area contributed by atoms with E-state index >= 15 is 0 Å². The van der Waals surface area contributed by atoms with Gasteiger partial charge in [0.05, 0.1) is 0 Å². The first-order valence-electron chi connectivity index (χ1n) is 8.86. The van der Waals surface area contributed by atoms with E-state index in [1.165, 1.54) is 25.3 Å². The second-order valence-electron chi connectivity index (χ2n) is 7.76. The number of carbonyl (C=O) groups excluding carboxylic acids is 1. The van der Waals surface area contributed by atoms with E-state index in [1.54, 1.807) is 6.08 Å². The van der Waals surface area contributed by atoms with Crippen LogP contribution in [-0.2, 0) is 9.53 Å². The zero-order valence-electron chi connectivity index (χ0n) is 13.9. The first-order valence-corrected chi connectivity index (χ1v) is 8.86. The summed E-state index contributed by atoms with van der Waals surface area (Å²) in [5.74, 6) is 1.76. The van der Waals surface area contributed by atoms with Gasteiger partial charge in [-0.2, -0.15) is 0 Å². The molecule has 1 aromatic rings. The second-order valence-corrected chi connectivity index (χ2v) is 7.76. The predicted octanol–water partition coefficient (Wildman–Crippen LogP) is 4.43. The largest absolute Gasteiger partial charge is 0.507 e. The van der Waals surface area contributed by atoms with Crippen LogP contribution in [0.1, 0.15) is 49.1 Å². The summed E-state index contributed by atoms with van der Waals surface area (Å²) < 4.78 is 6.00. The predicted molar refractivity (Wildman–Crippen MR) is 93.5 cm³/mol. The van der Waals surface area contributed by atoms with Gasteiger partial charge in [-0.3, -0.25) is 0 Å². The van der Waals surface area contributed by atoms with Crippen LogP contribution < -0.4 is 0 Å². The Kier molecular flexibility index (Phi) is 3.56. The molecule has 4 saturated carbocycles. The van der Waals surface area contributed by atoms with E-state index in [0.717, 1.165) is 24.0 Å². The summed E-state index contributed by atoms with van der Waals surface area (Å²) >= 11 is 0. The van der Waals surface area contributed by atoms with Crippen LogP contribution in [0.2, 0.25) is 0 Å². The van der Waals surface area contributed by atoms with Crippen molar-refractivity contribution in [3.05, 3.63) is 48.6 Å². The third-order valence-corrected chi connectivity index (χ3v) is 6.37. The summed E-state index contributed by atoms with van der Waals surface area (Å²) in [4.78, 5) is 12.1. The number of phenols is 1. The average Bonchev–Trinajstić information content (AvgIpc) is 2.55. The number of hydrogen-bond acceptors (Lipinski definition) is 3. The number of phenolic OH excluding ortho intramolecular Hbond substituents is 1. The molecule has 0 saturated heterocycles. The summed E-state index contributed by atoms with van der Waals surface area (Å²) in [6.45, 7) is 7.35. The average molecular weight is 324 g/mol. The number of rotatable bonds is 4. The fourth-order valence-electron chi connectivity index (χ4n) is 5.89. The van der Waals surface area contributed by atoms with E-state index in [4.69, 9.17) is 4.74 Å². The van der Waals surface area contributed by atoms with Gasteiger partial charge in [0.15, 0.2) is 0 Å². The van der Waals surface area contributed by atoms with Crippen molar-refractivity contribution >= 4 is 12.0 Å². The summed E-state index contributed by atoms with van der Waals surface area (Å²) in [6, 6.07) is 5.81. The highest BCUT2D eigenvalue weighted by molar-refractivity contribution is 5.81. The van der Waals surface area contributed by atoms with Crippen molar-refractivity contribution in [2.75, 3.05) is 0 Å². The molecule has 1 N–H and O–H groups in total. The molecule has 4 aliphatic carbocycles. The molecule has 4 aliphatic rings. The maximum atomic E-state index is 12.1. The van der Waals surface area contributed by atoms with Crippen LogP contribution in [-0.4, -0.2) is 16.7 Å². The third kappa shape index (κ3) is 2.21. The molecule has 3 unspecified atom stereocenters. The van der Waals surface area contributed by atoms with E-state index in [9.17, 15) is 9.90 Å². The summed E-state index contributed by atoms with van der Waals surface area (Å²) in [6.07, 6.45) is 8.35. The van der Waals surface area contributed by atoms with Gasteiger partial charge in [0.25, 0.3) is 0 Å². The topological polar surface area (TPSA) is 46.5 Å². The lowest BCUT2D eigenvalue weighted by molar-refractivity contribution is -0.189. The van der Waals surface area contributed by atoms with E-state index in [0.29, 0.717) is 23.5 Å². The lowest BCUT2D eigenvalue weighted by atomic mass is 9.48. The molecule has 3 nitrogen and oxygen atoms in total. The van der Waals surface area contributed by atoms with Crippen molar-refractivity contribution in [1.82, 2.24) is 0 Å². The Labute approximate surface area is 143 Å². The van der Waals surface area contributed by atoms with Crippen molar-refractivity contribution in [3.63, 3.8) is 0 Å². The molecular weight excluding hydrogens is 300 g/mol. The lowest BCUT2D eigenvalue weighted by Crippen LogP contribution is -2.57. The maximum absolute atomic E-state index is 12.1. The van der Waals surface area contributed by atoms with Crippen molar-refractivity contribution in [3.8, 4) is 5.75 Å². The number of benzene rings is 1. The highest BCUT2D eigenvalue weighted by Crippen LogP contribution is 2.64. The van der Waals surface area contributed by atoms with E-state index in [1.807, 2.05) is 18.2 Å². The minimum atomic E-state index is -0.489. The molecule has 5 rings (SSSR count). The van der Waals surface area contributed by atoms with Gasteiger partial charge in [-0.25, -0.2) is 4.79 Å². The molecule has 4 fully saturated rings. The molecule has 0 spiro atoms. The Bertz CT molecular complexity index is 691. The normalized spacial score (nSPS) is 36.3. The lowest BCUT2D eigenvalue weighted by Gasteiger charge is -2.60. The summed E-state index contributed by atoms with van der Waals surface area (Å²) in [5, 5.41) is 10.7. The highest BCUT2D eigenvalue weighted by atomic mass is 16.6.